The van der Waals surface area contributed by atoms with Gasteiger partial charge in [0.1, 0.15) is 5.75 Å². The lowest BCUT2D eigenvalue weighted by atomic mass is 10.2. The van der Waals surface area contributed by atoms with Gasteiger partial charge in [-0.15, -0.1) is 10.2 Å². The van der Waals surface area contributed by atoms with Gasteiger partial charge in [-0.3, -0.25) is 19.5 Å². The number of nitro benzene ring substituents is 1. The molecule has 0 saturated carbocycles. The number of para-hydroxylation sites is 1. The second kappa shape index (κ2) is 11.3. The fraction of sp³-hybridized carbons (Fsp3) is 0.160. The number of nitro groups is 1. The van der Waals surface area contributed by atoms with Crippen LogP contribution in [0.1, 0.15) is 24.4 Å². The van der Waals surface area contributed by atoms with E-state index in [1.54, 1.807) is 35.8 Å². The molecule has 1 unspecified atom stereocenters. The highest BCUT2D eigenvalue weighted by molar-refractivity contribution is 7.98. The van der Waals surface area contributed by atoms with Crippen molar-refractivity contribution in [1.82, 2.24) is 20.1 Å². The zero-order chi connectivity index (χ0) is 24.6. The number of ether oxygens (including phenoxy) is 1. The van der Waals surface area contributed by atoms with Gasteiger partial charge in [-0.1, -0.05) is 60.3 Å². The summed E-state index contributed by atoms with van der Waals surface area (Å²) in [7, 11) is 0. The van der Waals surface area contributed by atoms with Gasteiger partial charge in [0.2, 0.25) is 0 Å². The first-order valence-electron chi connectivity index (χ1n) is 10.9. The number of carbonyl (C=O) groups excluding carboxylic acids is 1. The van der Waals surface area contributed by atoms with Crippen molar-refractivity contribution in [2.75, 3.05) is 6.61 Å². The molecule has 4 rings (SSSR count). The number of thioether (sulfide) groups is 1. The maximum absolute atomic E-state index is 12.5. The van der Waals surface area contributed by atoms with Gasteiger partial charge in [-0.05, 0) is 36.8 Å². The Bertz CT molecular complexity index is 1280. The van der Waals surface area contributed by atoms with Gasteiger partial charge in [0.05, 0.1) is 11.0 Å². The van der Waals surface area contributed by atoms with E-state index < -0.39 is 11.0 Å². The number of amides is 1. The second-order valence-corrected chi connectivity index (χ2v) is 8.56. The van der Waals surface area contributed by atoms with Crippen LogP contribution in [0.15, 0.2) is 90.1 Å². The van der Waals surface area contributed by atoms with Gasteiger partial charge >= 0.3 is 0 Å². The van der Waals surface area contributed by atoms with E-state index in [4.69, 9.17) is 4.74 Å². The molecule has 1 aromatic heterocycles. The number of benzene rings is 3. The zero-order valence-corrected chi connectivity index (χ0v) is 19.7. The number of nitrogens with one attached hydrogen (secondary N) is 1. The maximum atomic E-state index is 12.5. The van der Waals surface area contributed by atoms with E-state index in [0.29, 0.717) is 28.2 Å². The molecule has 1 heterocycles. The molecule has 3 aromatic carbocycles. The molecule has 35 heavy (non-hydrogen) atoms. The Balaban J connectivity index is 1.54. The summed E-state index contributed by atoms with van der Waals surface area (Å²) in [4.78, 5) is 23.2. The fourth-order valence-electron chi connectivity index (χ4n) is 3.36. The van der Waals surface area contributed by atoms with E-state index >= 15 is 0 Å². The Hall–Kier alpha value is -4.18. The summed E-state index contributed by atoms with van der Waals surface area (Å²) in [6.45, 7) is 1.66. The van der Waals surface area contributed by atoms with Crippen molar-refractivity contribution in [3.05, 3.63) is 106 Å². The van der Waals surface area contributed by atoms with E-state index in [1.807, 2.05) is 48.5 Å². The van der Waals surface area contributed by atoms with Crippen LogP contribution in [0.3, 0.4) is 0 Å². The number of hydrogen-bond acceptors (Lipinski definition) is 7. The Labute approximate surface area is 206 Å². The molecule has 0 saturated heterocycles. The van der Waals surface area contributed by atoms with Crippen molar-refractivity contribution in [1.29, 1.82) is 0 Å². The van der Waals surface area contributed by atoms with Crippen LogP contribution in [0.25, 0.3) is 5.69 Å². The molecule has 0 fully saturated rings. The fourth-order valence-corrected chi connectivity index (χ4v) is 4.27. The summed E-state index contributed by atoms with van der Waals surface area (Å²) in [5.74, 6) is 1.46. The van der Waals surface area contributed by atoms with Crippen LogP contribution in [0.5, 0.6) is 5.75 Å². The summed E-state index contributed by atoms with van der Waals surface area (Å²) >= 11 is 1.49. The highest BCUT2D eigenvalue weighted by Crippen LogP contribution is 2.28. The van der Waals surface area contributed by atoms with Crippen LogP contribution in [-0.4, -0.2) is 32.2 Å². The predicted octanol–water partition coefficient (Wildman–Crippen LogP) is 4.72. The first kappa shape index (κ1) is 24.0. The quantitative estimate of drug-likeness (QED) is 0.195. The Morgan fingerprint density at radius 2 is 1.69 bits per heavy atom. The molecule has 1 amide bonds. The van der Waals surface area contributed by atoms with Crippen LogP contribution < -0.4 is 10.1 Å². The molecule has 0 bridgehead atoms. The van der Waals surface area contributed by atoms with Crippen LogP contribution in [0.4, 0.5) is 5.69 Å². The topological polar surface area (TPSA) is 112 Å². The van der Waals surface area contributed by atoms with Gasteiger partial charge in [0.15, 0.2) is 17.6 Å². The van der Waals surface area contributed by atoms with Crippen LogP contribution in [0.2, 0.25) is 0 Å². The molecular weight excluding hydrogens is 466 g/mol. The molecule has 10 heteroatoms. The molecule has 1 atom stereocenters. The summed E-state index contributed by atoms with van der Waals surface area (Å²) in [6, 6.07) is 24.7. The van der Waals surface area contributed by atoms with Crippen LogP contribution in [-0.2, 0) is 10.5 Å². The number of aromatic nitrogens is 3. The molecule has 178 valence electrons. The lowest BCUT2D eigenvalue weighted by Gasteiger charge is -2.16. The average Bonchev–Trinajstić information content (AvgIpc) is 3.32. The smallest absolute Gasteiger partial charge is 0.269 e. The maximum Gasteiger partial charge on any atom is 0.269 e. The van der Waals surface area contributed by atoms with Gasteiger partial charge in [-0.2, -0.15) is 0 Å². The van der Waals surface area contributed by atoms with Crippen molar-refractivity contribution in [3.8, 4) is 11.4 Å². The average molecular weight is 490 g/mol. The lowest BCUT2D eigenvalue weighted by Crippen LogP contribution is -2.32. The van der Waals surface area contributed by atoms with Crippen LogP contribution >= 0.6 is 11.8 Å². The molecule has 1 N–H and O–H groups in total. The highest BCUT2D eigenvalue weighted by Gasteiger charge is 2.22. The number of carbonyl (C=O) groups is 1. The number of hydrogen-bond donors (Lipinski definition) is 1. The normalized spacial score (nSPS) is 11.6. The predicted molar refractivity (Wildman–Crippen MR) is 133 cm³/mol. The Morgan fingerprint density at radius 3 is 2.34 bits per heavy atom. The minimum Gasteiger partial charge on any atom is -0.484 e. The first-order chi connectivity index (χ1) is 17.0. The zero-order valence-electron chi connectivity index (χ0n) is 18.9. The molecule has 0 radical (unpaired) electrons. The molecular formula is C25H23N5O4S. The molecule has 9 nitrogen and oxygen atoms in total. The summed E-state index contributed by atoms with van der Waals surface area (Å²) in [6.07, 6.45) is 0. The Kier molecular flexibility index (Phi) is 7.74. The molecule has 0 spiro atoms. The minimum absolute atomic E-state index is 0.0127. The van der Waals surface area contributed by atoms with Gasteiger partial charge in [-0.25, -0.2) is 0 Å². The molecule has 0 aliphatic rings. The molecule has 4 aromatic rings. The van der Waals surface area contributed by atoms with Crippen molar-refractivity contribution in [2.45, 2.75) is 23.9 Å². The van der Waals surface area contributed by atoms with E-state index in [-0.39, 0.29) is 18.2 Å². The van der Waals surface area contributed by atoms with E-state index in [9.17, 15) is 14.9 Å². The summed E-state index contributed by atoms with van der Waals surface area (Å²) in [5, 5.41) is 23.3. The summed E-state index contributed by atoms with van der Waals surface area (Å²) in [5.41, 5.74) is 1.77. The Morgan fingerprint density at radius 1 is 1.03 bits per heavy atom. The minimum atomic E-state index is -0.490. The molecule has 0 aliphatic heterocycles. The van der Waals surface area contributed by atoms with Crippen molar-refractivity contribution < 1.29 is 14.5 Å². The monoisotopic (exact) mass is 489 g/mol. The van der Waals surface area contributed by atoms with Crippen molar-refractivity contribution in [2.24, 2.45) is 0 Å². The van der Waals surface area contributed by atoms with E-state index in [1.165, 1.54) is 23.9 Å². The number of non-ortho nitro benzene ring substituents is 1. The van der Waals surface area contributed by atoms with Gasteiger partial charge in [0.25, 0.3) is 11.6 Å². The lowest BCUT2D eigenvalue weighted by molar-refractivity contribution is -0.384. The second-order valence-electron chi connectivity index (χ2n) is 7.61. The standard InChI is InChI=1S/C25H23N5O4S/c1-18(26-23(31)16-34-22-10-6-3-7-11-22)24-27-28-25(35-17-19-8-4-2-5-9-19)29(24)20-12-14-21(15-13-20)30(32)33/h2-15,18H,16-17H2,1H3,(H,26,31). The largest absolute Gasteiger partial charge is 0.484 e. The SMILES string of the molecule is CC(NC(=O)COc1ccccc1)c1nnc(SCc2ccccc2)n1-c1ccc([N+](=O)[O-])cc1. The highest BCUT2D eigenvalue weighted by atomic mass is 32.2. The molecule has 0 aliphatic carbocycles. The first-order valence-corrected chi connectivity index (χ1v) is 11.8. The third kappa shape index (κ3) is 6.24. The van der Waals surface area contributed by atoms with Crippen LogP contribution in [0, 0.1) is 10.1 Å². The van der Waals surface area contributed by atoms with Gasteiger partial charge in [0, 0.05) is 23.6 Å². The van der Waals surface area contributed by atoms with E-state index in [2.05, 4.69) is 15.5 Å². The number of rotatable bonds is 10. The van der Waals surface area contributed by atoms with E-state index in [0.717, 1.165) is 5.56 Å². The third-order valence-electron chi connectivity index (χ3n) is 5.07. The summed E-state index contributed by atoms with van der Waals surface area (Å²) < 4.78 is 7.33. The number of nitrogens with zero attached hydrogens (tertiary/aromatic N) is 4. The van der Waals surface area contributed by atoms with Crippen molar-refractivity contribution in [3.63, 3.8) is 0 Å². The third-order valence-corrected chi connectivity index (χ3v) is 6.07. The van der Waals surface area contributed by atoms with Gasteiger partial charge < -0.3 is 10.1 Å². The van der Waals surface area contributed by atoms with Crippen molar-refractivity contribution >= 4 is 23.4 Å².